The van der Waals surface area contributed by atoms with Crippen molar-refractivity contribution in [2.24, 2.45) is 0 Å². The highest BCUT2D eigenvalue weighted by Gasteiger charge is 2.32. The molecule has 0 spiro atoms. The van der Waals surface area contributed by atoms with Crippen molar-refractivity contribution in [1.29, 1.82) is 0 Å². The van der Waals surface area contributed by atoms with Gasteiger partial charge in [0.2, 0.25) is 5.91 Å². The van der Waals surface area contributed by atoms with Gasteiger partial charge in [-0.25, -0.2) is 17.8 Å². The summed E-state index contributed by atoms with van der Waals surface area (Å²) in [5, 5.41) is -0.0524. The summed E-state index contributed by atoms with van der Waals surface area (Å²) in [4.78, 5) is 18.9. The van der Waals surface area contributed by atoms with Crippen LogP contribution in [0.5, 0.6) is 0 Å². The van der Waals surface area contributed by atoms with Crippen molar-refractivity contribution >= 4 is 50.4 Å². The van der Waals surface area contributed by atoms with Gasteiger partial charge in [-0.3, -0.25) is 4.79 Å². The Labute approximate surface area is 182 Å². The van der Waals surface area contributed by atoms with Gasteiger partial charge in [0.15, 0.2) is 15.4 Å². The lowest BCUT2D eigenvalue weighted by Gasteiger charge is -2.24. The van der Waals surface area contributed by atoms with Gasteiger partial charge in [0.05, 0.1) is 16.4 Å². The predicted molar refractivity (Wildman–Crippen MR) is 116 cm³/mol. The predicted octanol–water partition coefficient (Wildman–Crippen LogP) is 4.13. The van der Waals surface area contributed by atoms with E-state index in [2.05, 4.69) is 4.98 Å². The minimum absolute atomic E-state index is 0.00346. The molecule has 10 heteroatoms. The van der Waals surface area contributed by atoms with E-state index in [0.29, 0.717) is 28.4 Å². The van der Waals surface area contributed by atoms with Crippen LogP contribution < -0.4 is 0 Å². The lowest BCUT2D eigenvalue weighted by molar-refractivity contribution is -0.128. The first-order chi connectivity index (χ1) is 14.4. The minimum Gasteiger partial charge on any atom is -0.431 e. The molecule has 3 aromatic rings. The molecule has 2 aromatic carbocycles. The molecule has 0 bridgehead atoms. The summed E-state index contributed by atoms with van der Waals surface area (Å²) < 4.78 is 43.9. The molecular weight excluding hydrogens is 447 g/mol. The maximum atomic E-state index is 14.2. The Bertz CT molecular complexity index is 1200. The molecule has 2 heterocycles. The molecule has 1 amide bonds. The van der Waals surface area contributed by atoms with Gasteiger partial charge in [0, 0.05) is 17.9 Å². The lowest BCUT2D eigenvalue weighted by Crippen LogP contribution is -2.32. The Balaban J connectivity index is 1.47. The number of nitrogens with zero attached hydrogens (tertiary/aromatic N) is 2. The van der Waals surface area contributed by atoms with Crippen LogP contribution in [0.4, 0.5) is 4.39 Å². The Kier molecular flexibility index (Phi) is 6.08. The highest BCUT2D eigenvalue weighted by atomic mass is 32.2. The van der Waals surface area contributed by atoms with Gasteiger partial charge < -0.3 is 9.32 Å². The van der Waals surface area contributed by atoms with Crippen LogP contribution >= 0.6 is 23.5 Å². The fraction of sp³-hybridized carbons (Fsp3) is 0.300. The molecule has 0 saturated carbocycles. The molecule has 1 unspecified atom stereocenters. The van der Waals surface area contributed by atoms with Crippen molar-refractivity contribution in [3.05, 3.63) is 53.8 Å². The van der Waals surface area contributed by atoms with Crippen LogP contribution in [0.15, 0.2) is 57.0 Å². The van der Waals surface area contributed by atoms with Crippen molar-refractivity contribution in [2.75, 3.05) is 23.8 Å². The summed E-state index contributed by atoms with van der Waals surface area (Å²) >= 11 is 2.68. The third-order valence-corrected chi connectivity index (χ3v) is 8.57. The van der Waals surface area contributed by atoms with Crippen LogP contribution in [0.1, 0.15) is 17.9 Å². The standard InChI is InChI=1S/C20H19FN2O4S3/c1-2-30(25,26)13-7-8-17-16(11-13)22-20(27-17)29-12-18(24)23-9-10-28-19(23)14-5-3-4-6-15(14)21/h3-8,11,19H,2,9-10,12H2,1H3. The molecule has 0 radical (unpaired) electrons. The third-order valence-electron chi connectivity index (χ3n) is 4.78. The number of sulfone groups is 1. The Morgan fingerprint density at radius 2 is 2.13 bits per heavy atom. The SMILES string of the molecule is CCS(=O)(=O)c1ccc2oc(SCC(=O)N3CCSC3c3ccccc3F)nc2c1. The molecule has 4 rings (SSSR count). The number of halogens is 1. The first kappa shape index (κ1) is 21.2. The fourth-order valence-electron chi connectivity index (χ4n) is 3.17. The lowest BCUT2D eigenvalue weighted by atomic mass is 10.2. The van der Waals surface area contributed by atoms with Crippen molar-refractivity contribution < 1.29 is 22.0 Å². The zero-order valence-corrected chi connectivity index (χ0v) is 18.5. The second-order valence-corrected chi connectivity index (χ2v) is 11.0. The largest absolute Gasteiger partial charge is 0.431 e. The second kappa shape index (κ2) is 8.60. The summed E-state index contributed by atoms with van der Waals surface area (Å²) in [5.74, 6) is 0.392. The number of carbonyl (C=O) groups excluding carboxylic acids is 1. The maximum absolute atomic E-state index is 14.2. The third kappa shape index (κ3) is 4.21. The Hall–Kier alpha value is -2.04. The van der Waals surface area contributed by atoms with Gasteiger partial charge in [-0.1, -0.05) is 36.9 Å². The number of hydrogen-bond donors (Lipinski definition) is 0. The average molecular weight is 467 g/mol. The summed E-state index contributed by atoms with van der Waals surface area (Å²) in [6.07, 6.45) is 0. The fourth-order valence-corrected chi connectivity index (χ4v) is 6.10. The summed E-state index contributed by atoms with van der Waals surface area (Å²) in [7, 11) is -3.34. The van der Waals surface area contributed by atoms with E-state index in [-0.39, 0.29) is 33.5 Å². The van der Waals surface area contributed by atoms with Crippen LogP contribution in [-0.4, -0.2) is 48.0 Å². The Morgan fingerprint density at radius 3 is 2.90 bits per heavy atom. The first-order valence-electron chi connectivity index (χ1n) is 9.30. The molecule has 1 atom stereocenters. The molecule has 1 saturated heterocycles. The number of thioether (sulfide) groups is 2. The van der Waals surface area contributed by atoms with Crippen molar-refractivity contribution in [2.45, 2.75) is 22.4 Å². The zero-order valence-electron chi connectivity index (χ0n) is 16.1. The summed E-state index contributed by atoms with van der Waals surface area (Å²) in [6.45, 7) is 2.13. The summed E-state index contributed by atoms with van der Waals surface area (Å²) in [5.41, 5.74) is 1.39. The smallest absolute Gasteiger partial charge is 0.257 e. The van der Waals surface area contributed by atoms with E-state index >= 15 is 0 Å². The van der Waals surface area contributed by atoms with Crippen LogP contribution in [0.25, 0.3) is 11.1 Å². The molecule has 0 aliphatic carbocycles. The molecule has 158 valence electrons. The van der Waals surface area contributed by atoms with Crippen molar-refractivity contribution in [3.8, 4) is 0 Å². The number of oxazole rings is 1. The molecule has 6 nitrogen and oxygen atoms in total. The number of amides is 1. The Morgan fingerprint density at radius 1 is 1.33 bits per heavy atom. The monoisotopic (exact) mass is 466 g/mol. The summed E-state index contributed by atoms with van der Waals surface area (Å²) in [6, 6.07) is 11.0. The van der Waals surface area contributed by atoms with E-state index in [1.807, 2.05) is 0 Å². The topological polar surface area (TPSA) is 80.5 Å². The van der Waals surface area contributed by atoms with Crippen LogP contribution in [0.2, 0.25) is 0 Å². The van der Waals surface area contributed by atoms with Gasteiger partial charge in [0.25, 0.3) is 5.22 Å². The normalized spacial score (nSPS) is 17.0. The van der Waals surface area contributed by atoms with Gasteiger partial charge in [-0.05, 0) is 24.3 Å². The van der Waals surface area contributed by atoms with E-state index in [1.54, 1.807) is 36.1 Å². The van der Waals surface area contributed by atoms with Gasteiger partial charge >= 0.3 is 0 Å². The second-order valence-electron chi connectivity index (χ2n) is 6.63. The number of benzene rings is 2. The molecule has 1 aliphatic rings. The quantitative estimate of drug-likeness (QED) is 0.506. The molecule has 30 heavy (non-hydrogen) atoms. The van der Waals surface area contributed by atoms with E-state index in [1.165, 1.54) is 30.0 Å². The average Bonchev–Trinajstić information content (AvgIpc) is 3.38. The van der Waals surface area contributed by atoms with Crippen LogP contribution in [0, 0.1) is 5.82 Å². The number of hydrogen-bond acceptors (Lipinski definition) is 7. The molecule has 1 aromatic heterocycles. The molecule has 1 aliphatic heterocycles. The van der Waals surface area contributed by atoms with E-state index in [9.17, 15) is 17.6 Å². The van der Waals surface area contributed by atoms with Crippen LogP contribution in [-0.2, 0) is 14.6 Å². The number of fused-ring (bicyclic) bond motifs is 1. The molecule has 0 N–H and O–H groups in total. The van der Waals surface area contributed by atoms with Crippen LogP contribution in [0.3, 0.4) is 0 Å². The number of carbonyl (C=O) groups is 1. The van der Waals surface area contributed by atoms with Gasteiger partial charge in [0.1, 0.15) is 16.7 Å². The molecule has 1 fully saturated rings. The van der Waals surface area contributed by atoms with E-state index in [4.69, 9.17) is 4.42 Å². The number of aromatic nitrogens is 1. The van der Waals surface area contributed by atoms with E-state index < -0.39 is 9.84 Å². The van der Waals surface area contributed by atoms with Gasteiger partial charge in [-0.15, -0.1) is 11.8 Å². The minimum atomic E-state index is -3.34. The first-order valence-corrected chi connectivity index (χ1v) is 13.0. The molecular formula is C20H19FN2O4S3. The number of rotatable bonds is 6. The van der Waals surface area contributed by atoms with Crippen molar-refractivity contribution in [3.63, 3.8) is 0 Å². The van der Waals surface area contributed by atoms with Gasteiger partial charge in [-0.2, -0.15) is 0 Å². The van der Waals surface area contributed by atoms with Crippen molar-refractivity contribution in [1.82, 2.24) is 9.88 Å². The zero-order chi connectivity index (χ0) is 21.3. The highest BCUT2D eigenvalue weighted by Crippen LogP contribution is 2.39. The maximum Gasteiger partial charge on any atom is 0.257 e. The highest BCUT2D eigenvalue weighted by molar-refractivity contribution is 8.00. The van der Waals surface area contributed by atoms with E-state index in [0.717, 1.165) is 17.5 Å².